The highest BCUT2D eigenvalue weighted by Gasteiger charge is 2.39. The largest absolute Gasteiger partial charge is 0.495 e. The molecule has 3 N–H and O–H groups in total. The van der Waals surface area contributed by atoms with Crippen LogP contribution in [0, 0.1) is 0 Å². The molecule has 0 amide bonds. The van der Waals surface area contributed by atoms with E-state index in [1.807, 2.05) is 6.07 Å². The lowest BCUT2D eigenvalue weighted by atomic mass is 9.87. The zero-order valence-electron chi connectivity index (χ0n) is 15.2. The molecule has 3 rings (SSSR count). The van der Waals surface area contributed by atoms with Crippen molar-refractivity contribution in [3.05, 3.63) is 23.2 Å². The first kappa shape index (κ1) is 19.2. The molecule has 2 saturated heterocycles. The van der Waals surface area contributed by atoms with Gasteiger partial charge in [-0.2, -0.15) is 0 Å². The van der Waals surface area contributed by atoms with Crippen molar-refractivity contribution in [1.29, 1.82) is 0 Å². The van der Waals surface area contributed by atoms with Crippen LogP contribution in [0.1, 0.15) is 12.8 Å². The summed E-state index contributed by atoms with van der Waals surface area (Å²) in [5.74, 6) is 1.01. The molecule has 0 aliphatic carbocycles. The number of nitrogens with two attached hydrogens (primary N) is 1. The fourth-order valence-electron chi connectivity index (χ4n) is 3.53. The normalized spacial score (nSPS) is 21.4. The maximum Gasteiger partial charge on any atom is 0.193 e. The summed E-state index contributed by atoms with van der Waals surface area (Å²) in [7, 11) is 1.59. The number of hydrogen-bond donors (Lipinski definition) is 2. The topological polar surface area (TPSA) is 81.3 Å². The highest BCUT2D eigenvalue weighted by atomic mass is 35.5. The fourth-order valence-corrected chi connectivity index (χ4v) is 3.78. The lowest BCUT2D eigenvalue weighted by molar-refractivity contribution is -0.0667. The first-order valence-electron chi connectivity index (χ1n) is 8.94. The van der Waals surface area contributed by atoms with Crippen LogP contribution in [-0.4, -0.2) is 69.6 Å². The van der Waals surface area contributed by atoms with Crippen molar-refractivity contribution in [2.75, 3.05) is 58.5 Å². The van der Waals surface area contributed by atoms with Gasteiger partial charge in [0.25, 0.3) is 0 Å². The van der Waals surface area contributed by atoms with E-state index in [4.69, 9.17) is 31.5 Å². The van der Waals surface area contributed by atoms with Gasteiger partial charge in [0, 0.05) is 37.5 Å². The van der Waals surface area contributed by atoms with Crippen molar-refractivity contribution in [2.24, 2.45) is 10.7 Å². The van der Waals surface area contributed by atoms with Crippen molar-refractivity contribution >= 4 is 23.2 Å². The number of aliphatic imine (C=N–C) groups is 1. The predicted molar refractivity (Wildman–Crippen MR) is 103 cm³/mol. The summed E-state index contributed by atoms with van der Waals surface area (Å²) in [6.45, 7) is 5.55. The number of hydrogen-bond acceptors (Lipinski definition) is 5. The summed E-state index contributed by atoms with van der Waals surface area (Å²) < 4.78 is 16.2. The molecule has 0 radical (unpaired) electrons. The maximum absolute atomic E-state index is 6.16. The quantitative estimate of drug-likeness (QED) is 0.598. The molecule has 0 aromatic heterocycles. The lowest BCUT2D eigenvalue weighted by Crippen LogP contribution is -2.58. The van der Waals surface area contributed by atoms with Crippen molar-refractivity contribution in [3.63, 3.8) is 0 Å². The van der Waals surface area contributed by atoms with E-state index < -0.39 is 0 Å². The molecule has 2 fully saturated rings. The molecule has 26 heavy (non-hydrogen) atoms. The molecule has 7 nitrogen and oxygen atoms in total. The summed E-state index contributed by atoms with van der Waals surface area (Å²) >= 11 is 6.16. The van der Waals surface area contributed by atoms with E-state index in [9.17, 15) is 0 Å². The van der Waals surface area contributed by atoms with Gasteiger partial charge in [0.15, 0.2) is 5.96 Å². The molecule has 144 valence electrons. The van der Waals surface area contributed by atoms with Crippen LogP contribution in [0.4, 0.5) is 5.69 Å². The second kappa shape index (κ2) is 8.90. The van der Waals surface area contributed by atoms with Gasteiger partial charge < -0.3 is 25.3 Å². The minimum atomic E-state index is -0.00805. The minimum Gasteiger partial charge on any atom is -0.495 e. The molecular formula is C18H27ClN4O3. The summed E-state index contributed by atoms with van der Waals surface area (Å²) in [6.07, 6.45) is 1.91. The number of benzene rings is 1. The molecule has 0 spiro atoms. The SMILES string of the molecule is COc1ccc(NC(N)=NCC2(N3CCOCC3)CCOCC2)cc1Cl. The number of guanidine groups is 1. The van der Waals surface area contributed by atoms with Gasteiger partial charge in [0.05, 0.1) is 31.9 Å². The van der Waals surface area contributed by atoms with Crippen LogP contribution in [0.3, 0.4) is 0 Å². The van der Waals surface area contributed by atoms with Crippen LogP contribution >= 0.6 is 11.6 Å². The molecule has 1 aromatic rings. The molecule has 1 aromatic carbocycles. The van der Waals surface area contributed by atoms with Crippen molar-refractivity contribution in [2.45, 2.75) is 18.4 Å². The zero-order valence-corrected chi connectivity index (χ0v) is 15.9. The Morgan fingerprint density at radius 2 is 1.96 bits per heavy atom. The van der Waals surface area contributed by atoms with E-state index in [0.29, 0.717) is 23.3 Å². The summed E-state index contributed by atoms with van der Waals surface area (Å²) in [6, 6.07) is 5.43. The Labute approximate surface area is 159 Å². The second-order valence-electron chi connectivity index (χ2n) is 6.61. The van der Waals surface area contributed by atoms with Crippen molar-refractivity contribution < 1.29 is 14.2 Å². The Morgan fingerprint density at radius 1 is 1.27 bits per heavy atom. The highest BCUT2D eigenvalue weighted by Crippen LogP contribution is 2.30. The number of anilines is 1. The highest BCUT2D eigenvalue weighted by molar-refractivity contribution is 6.32. The number of nitrogens with zero attached hydrogens (tertiary/aromatic N) is 2. The average Bonchev–Trinajstić information content (AvgIpc) is 2.68. The van der Waals surface area contributed by atoms with E-state index in [0.717, 1.165) is 58.0 Å². The second-order valence-corrected chi connectivity index (χ2v) is 7.02. The van der Waals surface area contributed by atoms with Gasteiger partial charge in [0.2, 0.25) is 0 Å². The van der Waals surface area contributed by atoms with E-state index in [2.05, 4.69) is 15.2 Å². The first-order valence-corrected chi connectivity index (χ1v) is 9.32. The van der Waals surface area contributed by atoms with Gasteiger partial charge in [-0.1, -0.05) is 11.6 Å². The van der Waals surface area contributed by atoms with Crippen LogP contribution < -0.4 is 15.8 Å². The predicted octanol–water partition coefficient (Wildman–Crippen LogP) is 1.96. The van der Waals surface area contributed by atoms with Crippen LogP contribution in [0.2, 0.25) is 5.02 Å². The molecule has 2 heterocycles. The Bertz CT molecular complexity index is 629. The summed E-state index contributed by atoms with van der Waals surface area (Å²) in [5.41, 5.74) is 6.90. The Hall–Kier alpha value is -1.54. The van der Waals surface area contributed by atoms with Gasteiger partial charge in [-0.15, -0.1) is 0 Å². The number of methoxy groups -OCH3 is 1. The van der Waals surface area contributed by atoms with Crippen LogP contribution in [0.15, 0.2) is 23.2 Å². The van der Waals surface area contributed by atoms with E-state index in [1.165, 1.54) is 0 Å². The Balaban J connectivity index is 1.67. The number of ether oxygens (including phenoxy) is 3. The van der Waals surface area contributed by atoms with Gasteiger partial charge >= 0.3 is 0 Å². The molecular weight excluding hydrogens is 356 g/mol. The number of rotatable bonds is 5. The van der Waals surface area contributed by atoms with E-state index >= 15 is 0 Å². The van der Waals surface area contributed by atoms with Crippen LogP contribution in [0.25, 0.3) is 0 Å². The van der Waals surface area contributed by atoms with Crippen molar-refractivity contribution in [3.8, 4) is 5.75 Å². The molecule has 0 unspecified atom stereocenters. The molecule has 2 aliphatic rings. The Morgan fingerprint density at radius 3 is 2.62 bits per heavy atom. The van der Waals surface area contributed by atoms with Crippen LogP contribution in [-0.2, 0) is 9.47 Å². The van der Waals surface area contributed by atoms with E-state index in [-0.39, 0.29) is 5.54 Å². The molecule has 8 heteroatoms. The van der Waals surface area contributed by atoms with Gasteiger partial charge in [-0.3, -0.25) is 9.89 Å². The zero-order chi connectivity index (χ0) is 18.4. The number of nitrogens with one attached hydrogen (secondary N) is 1. The molecule has 2 aliphatic heterocycles. The molecule has 0 atom stereocenters. The lowest BCUT2D eigenvalue weighted by Gasteiger charge is -2.47. The summed E-state index contributed by atoms with van der Waals surface area (Å²) in [4.78, 5) is 7.12. The summed E-state index contributed by atoms with van der Waals surface area (Å²) in [5, 5.41) is 3.63. The third-order valence-electron chi connectivity index (χ3n) is 5.07. The van der Waals surface area contributed by atoms with Gasteiger partial charge in [-0.05, 0) is 31.0 Å². The van der Waals surface area contributed by atoms with E-state index in [1.54, 1.807) is 19.2 Å². The van der Waals surface area contributed by atoms with Gasteiger partial charge in [0.1, 0.15) is 5.75 Å². The maximum atomic E-state index is 6.16. The number of halogens is 1. The minimum absolute atomic E-state index is 0.00805. The first-order chi connectivity index (χ1) is 12.6. The van der Waals surface area contributed by atoms with Crippen molar-refractivity contribution in [1.82, 2.24) is 4.90 Å². The molecule has 0 bridgehead atoms. The fraction of sp³-hybridized carbons (Fsp3) is 0.611. The standard InChI is InChI=1S/C18H27ClN4O3/c1-24-16-3-2-14(12-15(16)19)22-17(20)21-13-18(4-8-25-9-5-18)23-6-10-26-11-7-23/h2-3,12H,4-11,13H2,1H3,(H3,20,21,22). The monoisotopic (exact) mass is 382 g/mol. The van der Waals surface area contributed by atoms with Crippen LogP contribution in [0.5, 0.6) is 5.75 Å². The molecule has 0 saturated carbocycles. The smallest absolute Gasteiger partial charge is 0.193 e. The Kier molecular flexibility index (Phi) is 6.58. The third kappa shape index (κ3) is 4.59. The number of morpholine rings is 1. The van der Waals surface area contributed by atoms with Gasteiger partial charge in [-0.25, -0.2) is 0 Å². The third-order valence-corrected chi connectivity index (χ3v) is 5.37. The average molecular weight is 383 g/mol.